The molecule has 4 nitrogen and oxygen atoms in total. The average molecular weight is 256 g/mol. The van der Waals surface area contributed by atoms with Crippen molar-refractivity contribution in [1.29, 1.82) is 0 Å². The molecule has 0 bridgehead atoms. The largest absolute Gasteiger partial charge is 0.451 e. The van der Waals surface area contributed by atoms with E-state index in [4.69, 9.17) is 0 Å². The van der Waals surface area contributed by atoms with Gasteiger partial charge in [0.2, 0.25) is 0 Å². The fourth-order valence-corrected chi connectivity index (χ4v) is 1.35. The van der Waals surface area contributed by atoms with Crippen molar-refractivity contribution in [1.82, 2.24) is 4.98 Å². The Morgan fingerprint density at radius 2 is 2.00 bits per heavy atom. The van der Waals surface area contributed by atoms with E-state index in [1.807, 2.05) is 0 Å². The standard InChI is InChI=1S/C11H7F3N2O2/c12-11(13,14)7-3-1-2-4-8(7)16-10(17)9-5-18-6-15-9/h1-6H,(H,16,17). The first-order valence-corrected chi connectivity index (χ1v) is 4.84. The molecule has 0 atom stereocenters. The lowest BCUT2D eigenvalue weighted by Gasteiger charge is -2.12. The fourth-order valence-electron chi connectivity index (χ4n) is 1.35. The number of rotatable bonds is 2. The van der Waals surface area contributed by atoms with Crippen LogP contribution in [-0.4, -0.2) is 10.9 Å². The monoisotopic (exact) mass is 256 g/mol. The van der Waals surface area contributed by atoms with E-state index in [2.05, 4.69) is 14.7 Å². The molecule has 0 saturated carbocycles. The minimum atomic E-state index is -4.53. The number of aromatic nitrogens is 1. The molecule has 18 heavy (non-hydrogen) atoms. The summed E-state index contributed by atoms with van der Waals surface area (Å²) in [6, 6.07) is 4.70. The number of para-hydroxylation sites is 1. The Hall–Kier alpha value is -2.31. The van der Waals surface area contributed by atoms with Crippen molar-refractivity contribution in [2.75, 3.05) is 5.32 Å². The third-order valence-corrected chi connectivity index (χ3v) is 2.15. The van der Waals surface area contributed by atoms with Crippen molar-refractivity contribution < 1.29 is 22.4 Å². The van der Waals surface area contributed by atoms with Gasteiger partial charge < -0.3 is 9.73 Å². The van der Waals surface area contributed by atoms with Crippen molar-refractivity contribution in [3.8, 4) is 0 Å². The molecule has 1 heterocycles. The number of anilines is 1. The predicted molar refractivity (Wildman–Crippen MR) is 55.9 cm³/mol. The van der Waals surface area contributed by atoms with Gasteiger partial charge in [0.25, 0.3) is 5.91 Å². The van der Waals surface area contributed by atoms with Crippen molar-refractivity contribution >= 4 is 11.6 Å². The molecule has 0 radical (unpaired) electrons. The number of carbonyl (C=O) groups excluding carboxylic acids is 1. The zero-order chi connectivity index (χ0) is 13.2. The smallest absolute Gasteiger partial charge is 0.418 e. The first kappa shape index (κ1) is 12.2. The lowest BCUT2D eigenvalue weighted by molar-refractivity contribution is -0.136. The molecule has 2 rings (SSSR count). The van der Waals surface area contributed by atoms with Crippen LogP contribution in [0.3, 0.4) is 0 Å². The van der Waals surface area contributed by atoms with Crippen LogP contribution < -0.4 is 5.32 Å². The lowest BCUT2D eigenvalue weighted by Crippen LogP contribution is -2.16. The molecule has 2 aromatic rings. The van der Waals surface area contributed by atoms with Gasteiger partial charge in [0.1, 0.15) is 6.26 Å². The molecule has 1 aromatic heterocycles. The SMILES string of the molecule is O=C(Nc1ccccc1C(F)(F)F)c1cocn1. The van der Waals surface area contributed by atoms with Crippen molar-refractivity contribution in [3.05, 3.63) is 48.2 Å². The molecular weight excluding hydrogens is 249 g/mol. The summed E-state index contributed by atoms with van der Waals surface area (Å²) in [6.45, 7) is 0. The maximum Gasteiger partial charge on any atom is 0.418 e. The molecule has 1 aromatic carbocycles. The second-order valence-corrected chi connectivity index (χ2v) is 3.37. The van der Waals surface area contributed by atoms with Gasteiger partial charge in [0, 0.05) is 0 Å². The summed E-state index contributed by atoms with van der Waals surface area (Å²) < 4.78 is 42.5. The van der Waals surface area contributed by atoms with Gasteiger partial charge >= 0.3 is 6.18 Å². The number of hydrogen-bond donors (Lipinski definition) is 1. The van der Waals surface area contributed by atoms with E-state index in [9.17, 15) is 18.0 Å². The second kappa shape index (κ2) is 4.52. The number of hydrogen-bond acceptors (Lipinski definition) is 3. The first-order valence-electron chi connectivity index (χ1n) is 4.84. The Morgan fingerprint density at radius 1 is 1.28 bits per heavy atom. The molecule has 0 aliphatic heterocycles. The fraction of sp³-hybridized carbons (Fsp3) is 0.0909. The summed E-state index contributed by atoms with van der Waals surface area (Å²) in [6.07, 6.45) is -2.47. The molecule has 7 heteroatoms. The van der Waals surface area contributed by atoms with Gasteiger partial charge in [-0.25, -0.2) is 4.98 Å². The van der Waals surface area contributed by atoms with E-state index in [1.54, 1.807) is 0 Å². The maximum atomic E-state index is 12.7. The highest BCUT2D eigenvalue weighted by Gasteiger charge is 2.33. The van der Waals surface area contributed by atoms with Crippen LogP contribution in [0.2, 0.25) is 0 Å². The van der Waals surface area contributed by atoms with E-state index in [0.717, 1.165) is 18.7 Å². The van der Waals surface area contributed by atoms with Crippen molar-refractivity contribution in [3.63, 3.8) is 0 Å². The van der Waals surface area contributed by atoms with Crippen LogP contribution in [0.25, 0.3) is 0 Å². The summed E-state index contributed by atoms with van der Waals surface area (Å²) in [4.78, 5) is 15.1. The van der Waals surface area contributed by atoms with Crippen molar-refractivity contribution in [2.45, 2.75) is 6.18 Å². The molecule has 0 saturated heterocycles. The third-order valence-electron chi connectivity index (χ3n) is 2.15. The number of nitrogens with zero attached hydrogens (tertiary/aromatic N) is 1. The highest BCUT2D eigenvalue weighted by molar-refractivity contribution is 6.03. The number of carbonyl (C=O) groups is 1. The van der Waals surface area contributed by atoms with E-state index >= 15 is 0 Å². The predicted octanol–water partition coefficient (Wildman–Crippen LogP) is 2.95. The molecule has 0 spiro atoms. The topological polar surface area (TPSA) is 55.1 Å². The molecule has 0 aliphatic carbocycles. The molecule has 1 N–H and O–H groups in total. The maximum absolute atomic E-state index is 12.7. The zero-order valence-corrected chi connectivity index (χ0v) is 8.86. The van der Waals surface area contributed by atoms with Crippen LogP contribution in [0, 0.1) is 0 Å². The Kier molecular flexibility index (Phi) is 3.05. The normalized spacial score (nSPS) is 11.3. The van der Waals surface area contributed by atoms with Crippen LogP contribution in [0.15, 0.2) is 41.3 Å². The van der Waals surface area contributed by atoms with Crippen LogP contribution in [0.5, 0.6) is 0 Å². The lowest BCUT2D eigenvalue weighted by atomic mass is 10.1. The third kappa shape index (κ3) is 2.50. The molecule has 0 aliphatic rings. The number of halogens is 3. The first-order chi connectivity index (χ1) is 8.48. The summed E-state index contributed by atoms with van der Waals surface area (Å²) in [5, 5.41) is 2.14. The van der Waals surface area contributed by atoms with Crippen LogP contribution in [0.1, 0.15) is 16.1 Å². The quantitative estimate of drug-likeness (QED) is 0.898. The van der Waals surface area contributed by atoms with Gasteiger partial charge in [-0.3, -0.25) is 4.79 Å². The van der Waals surface area contributed by atoms with Crippen molar-refractivity contribution in [2.24, 2.45) is 0 Å². The van der Waals surface area contributed by atoms with Gasteiger partial charge in [-0.2, -0.15) is 13.2 Å². The van der Waals surface area contributed by atoms with E-state index < -0.39 is 17.6 Å². The summed E-state index contributed by atoms with van der Waals surface area (Å²) in [5.41, 5.74) is -1.33. The van der Waals surface area contributed by atoms with Gasteiger partial charge in [-0.1, -0.05) is 12.1 Å². The van der Waals surface area contributed by atoms with Gasteiger partial charge in [-0.15, -0.1) is 0 Å². The number of nitrogens with one attached hydrogen (secondary N) is 1. The van der Waals surface area contributed by atoms with E-state index in [1.165, 1.54) is 18.2 Å². The molecular formula is C11H7F3N2O2. The highest BCUT2D eigenvalue weighted by atomic mass is 19.4. The molecule has 0 unspecified atom stereocenters. The summed E-state index contributed by atoms with van der Waals surface area (Å²) in [7, 11) is 0. The summed E-state index contributed by atoms with van der Waals surface area (Å²) in [5.74, 6) is -0.763. The van der Waals surface area contributed by atoms with E-state index in [0.29, 0.717) is 0 Å². The van der Waals surface area contributed by atoms with Crippen LogP contribution in [-0.2, 0) is 6.18 Å². The molecule has 1 amide bonds. The zero-order valence-electron chi connectivity index (χ0n) is 8.86. The van der Waals surface area contributed by atoms with Gasteiger partial charge in [0.15, 0.2) is 12.1 Å². The number of oxazole rings is 1. The Balaban J connectivity index is 2.27. The number of amides is 1. The van der Waals surface area contributed by atoms with Gasteiger partial charge in [-0.05, 0) is 12.1 Å². The minimum Gasteiger partial charge on any atom is -0.451 e. The molecule has 94 valence electrons. The Bertz CT molecular complexity index is 550. The van der Waals surface area contributed by atoms with Gasteiger partial charge in [0.05, 0.1) is 11.3 Å². The number of benzene rings is 1. The van der Waals surface area contributed by atoms with Crippen LogP contribution >= 0.6 is 0 Å². The van der Waals surface area contributed by atoms with E-state index in [-0.39, 0.29) is 11.4 Å². The average Bonchev–Trinajstić information content (AvgIpc) is 2.81. The van der Waals surface area contributed by atoms with Crippen LogP contribution in [0.4, 0.5) is 18.9 Å². The summed E-state index contributed by atoms with van der Waals surface area (Å²) >= 11 is 0. The second-order valence-electron chi connectivity index (χ2n) is 3.37. The number of alkyl halides is 3. The highest BCUT2D eigenvalue weighted by Crippen LogP contribution is 2.34. The minimum absolute atomic E-state index is 0.0908. The Morgan fingerprint density at radius 3 is 2.61 bits per heavy atom. The molecule has 0 fully saturated rings. The Labute approximate surface area is 99.4 Å².